The number of carbonyl (C=O) groups is 1. The van der Waals surface area contributed by atoms with E-state index in [2.05, 4.69) is 33.6 Å². The number of allylic oxidation sites excluding steroid dienone is 1. The van der Waals surface area contributed by atoms with Crippen molar-refractivity contribution in [2.45, 2.75) is 31.6 Å². The molecular formula is C21H24F2N4O. The van der Waals surface area contributed by atoms with Crippen LogP contribution in [0.2, 0.25) is 0 Å². The molecule has 3 N–H and O–H groups in total. The van der Waals surface area contributed by atoms with Crippen molar-refractivity contribution in [3.05, 3.63) is 65.9 Å². The van der Waals surface area contributed by atoms with Crippen molar-refractivity contribution in [3.8, 4) is 0 Å². The molecule has 3 rings (SSSR count). The minimum absolute atomic E-state index is 0.347. The summed E-state index contributed by atoms with van der Waals surface area (Å²) in [7, 11) is 0. The Bertz CT molecular complexity index is 837. The molecule has 0 aliphatic carbocycles. The van der Waals surface area contributed by atoms with E-state index in [1.807, 2.05) is 6.07 Å². The molecule has 1 aliphatic heterocycles. The van der Waals surface area contributed by atoms with Gasteiger partial charge in [-0.15, -0.1) is 0 Å². The molecular weight excluding hydrogens is 362 g/mol. The van der Waals surface area contributed by atoms with Gasteiger partial charge >= 0.3 is 6.03 Å². The highest BCUT2D eigenvalue weighted by molar-refractivity contribution is 5.89. The zero-order valence-electron chi connectivity index (χ0n) is 15.6. The largest absolute Gasteiger partial charge is 0.370 e. The molecule has 0 spiro atoms. The standard InChI is InChI=1S/C21H24F2N4O/c1-2-21(22,23)14-15-5-8-17(9-6-15)27-20(28)25-13-11-18-10-7-16-4-3-12-24-19(16)26-18/h2,5-10H,1,3-4,11-14H2,(H,24,26)(H2,25,27,28). The van der Waals surface area contributed by atoms with Crippen molar-refractivity contribution in [2.75, 3.05) is 23.7 Å². The van der Waals surface area contributed by atoms with E-state index < -0.39 is 12.3 Å². The third-order valence-corrected chi connectivity index (χ3v) is 4.57. The normalized spacial score (nSPS) is 13.2. The molecule has 2 aromatic rings. The molecule has 0 radical (unpaired) electrons. The van der Waals surface area contributed by atoms with Gasteiger partial charge in [0, 0.05) is 37.3 Å². The van der Waals surface area contributed by atoms with E-state index in [0.717, 1.165) is 30.9 Å². The van der Waals surface area contributed by atoms with Crippen LogP contribution in [-0.4, -0.2) is 30.0 Å². The Morgan fingerprint density at radius 1 is 1.25 bits per heavy atom. The van der Waals surface area contributed by atoms with Gasteiger partial charge in [-0.25, -0.2) is 18.6 Å². The molecule has 0 saturated heterocycles. The first-order valence-electron chi connectivity index (χ1n) is 9.33. The van der Waals surface area contributed by atoms with Crippen molar-refractivity contribution in [3.63, 3.8) is 0 Å². The van der Waals surface area contributed by atoms with Crippen LogP contribution in [0.5, 0.6) is 0 Å². The third-order valence-electron chi connectivity index (χ3n) is 4.57. The first kappa shape index (κ1) is 19.8. The molecule has 28 heavy (non-hydrogen) atoms. The highest BCUT2D eigenvalue weighted by Gasteiger charge is 2.24. The first-order chi connectivity index (χ1) is 13.4. The molecule has 0 fully saturated rings. The molecule has 2 heterocycles. The zero-order chi connectivity index (χ0) is 20.0. The topological polar surface area (TPSA) is 66.0 Å². The number of amides is 2. The molecule has 7 heteroatoms. The average Bonchev–Trinajstić information content (AvgIpc) is 2.69. The summed E-state index contributed by atoms with van der Waals surface area (Å²) in [4.78, 5) is 16.6. The number of anilines is 2. The second-order valence-electron chi connectivity index (χ2n) is 6.81. The van der Waals surface area contributed by atoms with Gasteiger partial charge in [-0.05, 0) is 48.2 Å². The maximum atomic E-state index is 13.3. The smallest absolute Gasteiger partial charge is 0.319 e. The summed E-state index contributed by atoms with van der Waals surface area (Å²) in [6, 6.07) is 10.1. The van der Waals surface area contributed by atoms with Gasteiger partial charge in [0.1, 0.15) is 5.82 Å². The summed E-state index contributed by atoms with van der Waals surface area (Å²) in [5.74, 6) is -2.00. The number of carbonyl (C=O) groups excluding carboxylic acids is 1. The molecule has 1 aromatic carbocycles. The lowest BCUT2D eigenvalue weighted by molar-refractivity contribution is 0.0562. The van der Waals surface area contributed by atoms with Crippen LogP contribution >= 0.6 is 0 Å². The van der Waals surface area contributed by atoms with Gasteiger partial charge in [0.05, 0.1) is 0 Å². The Labute approximate surface area is 163 Å². The lowest BCUT2D eigenvalue weighted by Crippen LogP contribution is -2.30. The summed E-state index contributed by atoms with van der Waals surface area (Å²) in [5, 5.41) is 8.76. The van der Waals surface area contributed by atoms with E-state index in [-0.39, 0.29) is 6.03 Å². The number of pyridine rings is 1. The monoisotopic (exact) mass is 386 g/mol. The van der Waals surface area contributed by atoms with Crippen molar-refractivity contribution >= 4 is 17.5 Å². The number of rotatable bonds is 7. The number of hydrogen-bond acceptors (Lipinski definition) is 3. The quantitative estimate of drug-likeness (QED) is 0.626. The first-order valence-corrected chi connectivity index (χ1v) is 9.33. The predicted molar refractivity (Wildman–Crippen MR) is 107 cm³/mol. The summed E-state index contributed by atoms with van der Waals surface area (Å²) >= 11 is 0. The van der Waals surface area contributed by atoms with Crippen LogP contribution < -0.4 is 16.0 Å². The maximum Gasteiger partial charge on any atom is 0.319 e. The second kappa shape index (κ2) is 8.82. The number of urea groups is 1. The van der Waals surface area contributed by atoms with Crippen LogP contribution in [0.4, 0.5) is 25.1 Å². The van der Waals surface area contributed by atoms with E-state index in [1.54, 1.807) is 24.3 Å². The molecule has 1 aromatic heterocycles. The van der Waals surface area contributed by atoms with E-state index in [4.69, 9.17) is 0 Å². The van der Waals surface area contributed by atoms with E-state index in [1.165, 1.54) is 5.56 Å². The number of hydrogen-bond donors (Lipinski definition) is 3. The molecule has 0 saturated carbocycles. The van der Waals surface area contributed by atoms with Gasteiger partial charge < -0.3 is 16.0 Å². The van der Waals surface area contributed by atoms with Crippen molar-refractivity contribution < 1.29 is 13.6 Å². The SMILES string of the molecule is C=CC(F)(F)Cc1ccc(NC(=O)NCCc2ccc3c(n2)NCCC3)cc1. The fourth-order valence-corrected chi connectivity index (χ4v) is 3.04. The van der Waals surface area contributed by atoms with Crippen molar-refractivity contribution in [1.29, 1.82) is 0 Å². The number of aryl methyl sites for hydroxylation is 1. The van der Waals surface area contributed by atoms with Crippen LogP contribution in [0.25, 0.3) is 0 Å². The average molecular weight is 386 g/mol. The lowest BCUT2D eigenvalue weighted by atomic mass is 10.1. The molecule has 1 aliphatic rings. The molecule has 148 valence electrons. The molecule has 5 nitrogen and oxygen atoms in total. The van der Waals surface area contributed by atoms with E-state index in [0.29, 0.717) is 30.3 Å². The fraction of sp³-hybridized carbons (Fsp3) is 0.333. The van der Waals surface area contributed by atoms with Crippen LogP contribution in [0, 0.1) is 0 Å². The Morgan fingerprint density at radius 3 is 2.79 bits per heavy atom. The molecule has 0 atom stereocenters. The van der Waals surface area contributed by atoms with Gasteiger partial charge in [-0.3, -0.25) is 0 Å². The summed E-state index contributed by atoms with van der Waals surface area (Å²) in [5.41, 5.74) is 3.16. The van der Waals surface area contributed by atoms with Crippen molar-refractivity contribution in [2.24, 2.45) is 0 Å². The maximum absolute atomic E-state index is 13.3. The number of alkyl halides is 2. The van der Waals surface area contributed by atoms with E-state index in [9.17, 15) is 13.6 Å². The molecule has 2 amide bonds. The minimum atomic E-state index is -2.94. The van der Waals surface area contributed by atoms with Crippen LogP contribution in [0.15, 0.2) is 49.1 Å². The Hall–Kier alpha value is -2.96. The van der Waals surface area contributed by atoms with Crippen molar-refractivity contribution in [1.82, 2.24) is 10.3 Å². The number of aromatic nitrogens is 1. The Kier molecular flexibility index (Phi) is 6.23. The summed E-state index contributed by atoms with van der Waals surface area (Å²) < 4.78 is 26.6. The van der Waals surface area contributed by atoms with Gasteiger partial charge in [0.25, 0.3) is 5.92 Å². The van der Waals surface area contributed by atoms with Crippen LogP contribution in [0.3, 0.4) is 0 Å². The van der Waals surface area contributed by atoms with Crippen LogP contribution in [-0.2, 0) is 19.3 Å². The summed E-state index contributed by atoms with van der Waals surface area (Å²) in [6.45, 7) is 4.52. The zero-order valence-corrected chi connectivity index (χ0v) is 15.6. The summed E-state index contributed by atoms with van der Waals surface area (Å²) in [6.07, 6.45) is 3.01. The van der Waals surface area contributed by atoms with Crippen LogP contribution in [0.1, 0.15) is 23.2 Å². The number of fused-ring (bicyclic) bond motifs is 1. The highest BCUT2D eigenvalue weighted by atomic mass is 19.3. The number of halogens is 2. The number of nitrogens with zero attached hydrogens (tertiary/aromatic N) is 1. The van der Waals surface area contributed by atoms with E-state index >= 15 is 0 Å². The second-order valence-corrected chi connectivity index (χ2v) is 6.81. The highest BCUT2D eigenvalue weighted by Crippen LogP contribution is 2.22. The van der Waals surface area contributed by atoms with Gasteiger partial charge in [-0.1, -0.05) is 24.8 Å². The van der Waals surface area contributed by atoms with Gasteiger partial charge in [-0.2, -0.15) is 0 Å². The lowest BCUT2D eigenvalue weighted by Gasteiger charge is -2.17. The predicted octanol–water partition coefficient (Wildman–Crippen LogP) is 4.17. The number of nitrogens with one attached hydrogen (secondary N) is 3. The number of benzene rings is 1. The Morgan fingerprint density at radius 2 is 2.04 bits per heavy atom. The fourth-order valence-electron chi connectivity index (χ4n) is 3.04. The molecule has 0 bridgehead atoms. The van der Waals surface area contributed by atoms with Gasteiger partial charge in [0.2, 0.25) is 0 Å². The Balaban J connectivity index is 1.45. The minimum Gasteiger partial charge on any atom is -0.370 e. The van der Waals surface area contributed by atoms with Gasteiger partial charge in [0.15, 0.2) is 0 Å². The molecule has 0 unspecified atom stereocenters. The third kappa shape index (κ3) is 5.52.